The lowest BCUT2D eigenvalue weighted by molar-refractivity contribution is 0.0277. The molecule has 47 heavy (non-hydrogen) atoms. The van der Waals surface area contributed by atoms with Crippen LogP contribution in [-0.4, -0.2) is 29.7 Å². The van der Waals surface area contributed by atoms with E-state index in [0.717, 1.165) is 10.5 Å². The van der Waals surface area contributed by atoms with Crippen LogP contribution in [0.1, 0.15) is 79.8 Å². The maximum absolute atomic E-state index is 13.4. The molecule has 0 spiro atoms. The lowest BCUT2D eigenvalue weighted by Crippen LogP contribution is -2.29. The molecule has 0 aliphatic carbocycles. The third-order valence-corrected chi connectivity index (χ3v) is 8.50. The van der Waals surface area contributed by atoms with Gasteiger partial charge < -0.3 is 9.47 Å². The second-order valence-electron chi connectivity index (χ2n) is 11.8. The summed E-state index contributed by atoms with van der Waals surface area (Å²) in [6, 6.07) is 37.7. The molecular formula is C40H33NO6. The van der Waals surface area contributed by atoms with Crippen LogP contribution >= 0.6 is 0 Å². The monoisotopic (exact) mass is 623 g/mol. The molecule has 5 aromatic carbocycles. The summed E-state index contributed by atoms with van der Waals surface area (Å²) in [5.74, 6) is -0.919. The molecule has 0 aromatic heterocycles. The maximum atomic E-state index is 13.4. The highest BCUT2D eigenvalue weighted by Crippen LogP contribution is 2.34. The Morgan fingerprint density at radius 1 is 0.660 bits per heavy atom. The number of esters is 1. The van der Waals surface area contributed by atoms with Crippen molar-refractivity contribution in [2.75, 3.05) is 4.90 Å². The zero-order valence-electron chi connectivity index (χ0n) is 26.3. The number of amides is 2. The van der Waals surface area contributed by atoms with Gasteiger partial charge in [0.2, 0.25) is 5.78 Å². The fourth-order valence-corrected chi connectivity index (χ4v) is 5.67. The second-order valence-corrected chi connectivity index (χ2v) is 11.8. The van der Waals surface area contributed by atoms with Gasteiger partial charge in [0.25, 0.3) is 11.8 Å². The van der Waals surface area contributed by atoms with Crippen LogP contribution in [0.5, 0.6) is 11.5 Å². The third-order valence-electron chi connectivity index (χ3n) is 8.50. The first-order valence-corrected chi connectivity index (χ1v) is 15.4. The van der Waals surface area contributed by atoms with Crippen LogP contribution < -0.4 is 9.64 Å². The van der Waals surface area contributed by atoms with E-state index in [0.29, 0.717) is 22.7 Å². The summed E-state index contributed by atoms with van der Waals surface area (Å²) >= 11 is 0. The number of benzene rings is 5. The maximum Gasteiger partial charge on any atom is 0.338 e. The van der Waals surface area contributed by atoms with Crippen LogP contribution in [0.2, 0.25) is 0 Å². The van der Waals surface area contributed by atoms with Crippen molar-refractivity contribution in [3.8, 4) is 11.5 Å². The molecule has 7 heteroatoms. The van der Waals surface area contributed by atoms with Gasteiger partial charge in [-0.2, -0.15) is 0 Å². The molecule has 2 amide bonds. The molecule has 0 fully saturated rings. The lowest BCUT2D eigenvalue weighted by atomic mass is 9.78. The van der Waals surface area contributed by atoms with Crippen LogP contribution in [0.3, 0.4) is 0 Å². The normalized spacial score (nSPS) is 13.2. The van der Waals surface area contributed by atoms with Crippen molar-refractivity contribution in [2.45, 2.75) is 38.7 Å². The number of hydrogen-bond donors (Lipinski definition) is 0. The molecule has 7 nitrogen and oxygen atoms in total. The van der Waals surface area contributed by atoms with Crippen molar-refractivity contribution in [3.63, 3.8) is 0 Å². The van der Waals surface area contributed by atoms with Crippen LogP contribution in [0.4, 0.5) is 5.69 Å². The standard InChI is InChI=1S/C40H33NO6/c1-4-35(36(42)26-11-7-5-8-12-26)47-39(45)27-15-24-33-34(25-27)38(44)41(37(33)43)30-18-22-32(23-19-30)46-31-20-16-29(17-21-31)40(2,3)28-13-9-6-10-14-28/h5-25,35H,4H2,1-3H3. The van der Waals surface area contributed by atoms with Crippen molar-refractivity contribution in [1.29, 1.82) is 0 Å². The van der Waals surface area contributed by atoms with E-state index in [2.05, 4.69) is 26.0 Å². The van der Waals surface area contributed by atoms with Crippen molar-refractivity contribution >= 4 is 29.3 Å². The minimum Gasteiger partial charge on any atom is -0.457 e. The Balaban J connectivity index is 1.13. The first kappa shape index (κ1) is 31.2. The summed E-state index contributed by atoms with van der Waals surface area (Å²) in [6.45, 7) is 6.11. The molecule has 1 aliphatic rings. The van der Waals surface area contributed by atoms with Crippen molar-refractivity contribution < 1.29 is 28.7 Å². The minimum absolute atomic E-state index is 0.0768. The van der Waals surface area contributed by atoms with E-state index in [9.17, 15) is 19.2 Å². The highest BCUT2D eigenvalue weighted by atomic mass is 16.5. The van der Waals surface area contributed by atoms with Crippen molar-refractivity contribution in [1.82, 2.24) is 0 Å². The molecule has 234 valence electrons. The Morgan fingerprint density at radius 3 is 1.83 bits per heavy atom. The molecule has 0 radical (unpaired) electrons. The van der Waals surface area contributed by atoms with E-state index in [1.807, 2.05) is 42.5 Å². The van der Waals surface area contributed by atoms with E-state index in [1.54, 1.807) is 61.5 Å². The molecule has 0 N–H and O–H groups in total. The fourth-order valence-electron chi connectivity index (χ4n) is 5.67. The minimum atomic E-state index is -0.980. The first-order valence-electron chi connectivity index (χ1n) is 15.4. The highest BCUT2D eigenvalue weighted by Gasteiger charge is 2.37. The number of fused-ring (bicyclic) bond motifs is 1. The number of carbonyl (C=O) groups is 4. The lowest BCUT2D eigenvalue weighted by Gasteiger charge is -2.26. The zero-order chi connectivity index (χ0) is 33.1. The van der Waals surface area contributed by atoms with Gasteiger partial charge in [-0.15, -0.1) is 0 Å². The second kappa shape index (κ2) is 12.9. The number of ketones is 1. The number of imide groups is 1. The quantitative estimate of drug-likeness (QED) is 0.0881. The topological polar surface area (TPSA) is 90.0 Å². The molecule has 0 bridgehead atoms. The van der Waals surface area contributed by atoms with Crippen molar-refractivity contribution in [2.24, 2.45) is 0 Å². The Hall–Kier alpha value is -5.82. The van der Waals surface area contributed by atoms with Crippen LogP contribution in [-0.2, 0) is 10.2 Å². The van der Waals surface area contributed by atoms with E-state index in [1.165, 1.54) is 23.8 Å². The zero-order valence-corrected chi connectivity index (χ0v) is 26.3. The number of Topliss-reactive ketones (excluding diaryl/α,β-unsaturated/α-hetero) is 1. The summed E-state index contributed by atoms with van der Waals surface area (Å²) in [6.07, 6.45) is -0.695. The third kappa shape index (κ3) is 6.20. The van der Waals surface area contributed by atoms with Gasteiger partial charge in [0.15, 0.2) is 6.10 Å². The molecule has 1 unspecified atom stereocenters. The molecule has 0 saturated carbocycles. The number of rotatable bonds is 10. The molecular weight excluding hydrogens is 590 g/mol. The van der Waals surface area contributed by atoms with Crippen LogP contribution in [0.15, 0.2) is 127 Å². The van der Waals surface area contributed by atoms with Gasteiger partial charge in [-0.1, -0.05) is 93.6 Å². The Morgan fingerprint density at radius 2 is 1.21 bits per heavy atom. The average molecular weight is 624 g/mol. The predicted molar refractivity (Wildman–Crippen MR) is 179 cm³/mol. The summed E-state index contributed by atoms with van der Waals surface area (Å²) in [5, 5.41) is 0. The smallest absolute Gasteiger partial charge is 0.338 e. The SMILES string of the molecule is CCC(OC(=O)c1ccc2c(c1)C(=O)N(c1ccc(Oc3ccc(C(C)(C)c4ccccc4)cc3)cc1)C2=O)C(=O)c1ccccc1. The molecule has 1 heterocycles. The van der Waals surface area contributed by atoms with E-state index >= 15 is 0 Å². The summed E-state index contributed by atoms with van der Waals surface area (Å²) in [5.41, 5.74) is 3.35. The van der Waals surface area contributed by atoms with Crippen molar-refractivity contribution in [3.05, 3.63) is 161 Å². The van der Waals surface area contributed by atoms with E-state index < -0.39 is 23.9 Å². The van der Waals surface area contributed by atoms with Gasteiger partial charge in [0.05, 0.1) is 22.4 Å². The van der Waals surface area contributed by atoms with Gasteiger partial charge in [0.1, 0.15) is 11.5 Å². The number of hydrogen-bond acceptors (Lipinski definition) is 6. The predicted octanol–water partition coefficient (Wildman–Crippen LogP) is 8.42. The van der Waals surface area contributed by atoms with E-state index in [4.69, 9.17) is 9.47 Å². The average Bonchev–Trinajstić information content (AvgIpc) is 3.36. The summed E-state index contributed by atoms with van der Waals surface area (Å²) in [4.78, 5) is 53.6. The first-order chi connectivity index (χ1) is 22.7. The Bertz CT molecular complexity index is 1950. The fraction of sp³-hybridized carbons (Fsp3) is 0.150. The summed E-state index contributed by atoms with van der Waals surface area (Å²) in [7, 11) is 0. The number of carbonyl (C=O) groups excluding carboxylic acids is 4. The molecule has 6 rings (SSSR count). The number of nitrogens with zero attached hydrogens (tertiary/aromatic N) is 1. The van der Waals surface area contributed by atoms with Gasteiger partial charge >= 0.3 is 5.97 Å². The highest BCUT2D eigenvalue weighted by molar-refractivity contribution is 6.34. The van der Waals surface area contributed by atoms with Gasteiger partial charge in [-0.05, 0) is 72.1 Å². The van der Waals surface area contributed by atoms with Crippen LogP contribution in [0, 0.1) is 0 Å². The Labute approximate surface area is 273 Å². The molecule has 5 aromatic rings. The largest absolute Gasteiger partial charge is 0.457 e. The molecule has 1 atom stereocenters. The summed E-state index contributed by atoms with van der Waals surface area (Å²) < 4.78 is 11.6. The van der Waals surface area contributed by atoms with Gasteiger partial charge in [-0.3, -0.25) is 14.4 Å². The number of anilines is 1. The van der Waals surface area contributed by atoms with E-state index in [-0.39, 0.29) is 34.3 Å². The van der Waals surface area contributed by atoms with Crippen LogP contribution in [0.25, 0.3) is 0 Å². The number of ether oxygens (including phenoxy) is 2. The molecule has 1 aliphatic heterocycles. The van der Waals surface area contributed by atoms with Gasteiger partial charge in [0, 0.05) is 11.0 Å². The van der Waals surface area contributed by atoms with Gasteiger partial charge in [-0.25, -0.2) is 9.69 Å². The Kier molecular flexibility index (Phi) is 8.55. The molecule has 0 saturated heterocycles.